The van der Waals surface area contributed by atoms with Crippen LogP contribution in [0.1, 0.15) is 25.3 Å². The van der Waals surface area contributed by atoms with Crippen molar-refractivity contribution in [3.05, 3.63) is 35.6 Å². The molecule has 1 unspecified atom stereocenters. The van der Waals surface area contributed by atoms with E-state index in [0.29, 0.717) is 5.92 Å². The third-order valence-corrected chi connectivity index (χ3v) is 2.89. The third kappa shape index (κ3) is 5.80. The molecule has 0 saturated carbocycles. The van der Waals surface area contributed by atoms with Crippen LogP contribution in [0.15, 0.2) is 24.3 Å². The number of halogens is 1. The van der Waals surface area contributed by atoms with Crippen molar-refractivity contribution >= 4 is 0 Å². The smallest absolute Gasteiger partial charge is 0.123 e. The molecule has 0 saturated heterocycles. The first-order valence-electron chi connectivity index (χ1n) is 6.25. The lowest BCUT2D eigenvalue weighted by Crippen LogP contribution is -2.24. The van der Waals surface area contributed by atoms with Gasteiger partial charge in [-0.05, 0) is 50.0 Å². The third-order valence-electron chi connectivity index (χ3n) is 2.89. The Labute approximate surface area is 104 Å². The van der Waals surface area contributed by atoms with Crippen LogP contribution in [-0.4, -0.2) is 25.0 Å². The van der Waals surface area contributed by atoms with Crippen molar-refractivity contribution in [2.45, 2.75) is 26.3 Å². The molecule has 1 rings (SSSR count). The molecule has 0 spiro atoms. The molecule has 1 aromatic rings. The van der Waals surface area contributed by atoms with Crippen LogP contribution in [0.3, 0.4) is 0 Å². The summed E-state index contributed by atoms with van der Waals surface area (Å²) >= 11 is 0. The summed E-state index contributed by atoms with van der Waals surface area (Å²) in [7, 11) is 2.10. The Morgan fingerprint density at radius 3 is 2.53 bits per heavy atom. The van der Waals surface area contributed by atoms with E-state index in [4.69, 9.17) is 5.73 Å². The molecule has 2 N–H and O–H groups in total. The number of nitrogens with zero attached hydrogens (tertiary/aromatic N) is 1. The van der Waals surface area contributed by atoms with E-state index in [9.17, 15) is 4.39 Å². The summed E-state index contributed by atoms with van der Waals surface area (Å²) in [6.45, 7) is 4.94. The summed E-state index contributed by atoms with van der Waals surface area (Å²) in [6, 6.07) is 6.72. The van der Waals surface area contributed by atoms with Gasteiger partial charge in [-0.3, -0.25) is 0 Å². The molecule has 0 aliphatic heterocycles. The monoisotopic (exact) mass is 238 g/mol. The molecule has 0 amide bonds. The van der Waals surface area contributed by atoms with Crippen molar-refractivity contribution < 1.29 is 4.39 Å². The topological polar surface area (TPSA) is 29.3 Å². The van der Waals surface area contributed by atoms with Gasteiger partial charge in [-0.2, -0.15) is 0 Å². The van der Waals surface area contributed by atoms with Crippen LogP contribution in [-0.2, 0) is 6.54 Å². The van der Waals surface area contributed by atoms with E-state index in [0.717, 1.165) is 31.6 Å². The average molecular weight is 238 g/mol. The summed E-state index contributed by atoms with van der Waals surface area (Å²) in [5.41, 5.74) is 6.65. The zero-order valence-corrected chi connectivity index (χ0v) is 10.8. The van der Waals surface area contributed by atoms with Crippen LogP contribution in [0.2, 0.25) is 0 Å². The zero-order valence-electron chi connectivity index (χ0n) is 10.8. The fraction of sp³-hybridized carbons (Fsp3) is 0.571. The van der Waals surface area contributed by atoms with Gasteiger partial charge in [0.2, 0.25) is 0 Å². The lowest BCUT2D eigenvalue weighted by Gasteiger charge is -2.21. The first-order chi connectivity index (χ1) is 8.11. The summed E-state index contributed by atoms with van der Waals surface area (Å²) in [5, 5.41) is 0. The number of rotatable bonds is 7. The van der Waals surface area contributed by atoms with Gasteiger partial charge in [0.15, 0.2) is 0 Å². The van der Waals surface area contributed by atoms with Crippen LogP contribution >= 0.6 is 0 Å². The van der Waals surface area contributed by atoms with Crippen molar-refractivity contribution in [2.24, 2.45) is 11.7 Å². The Kier molecular flexibility index (Phi) is 6.16. The molecule has 0 bridgehead atoms. The van der Waals surface area contributed by atoms with Crippen molar-refractivity contribution in [3.63, 3.8) is 0 Å². The van der Waals surface area contributed by atoms with E-state index < -0.39 is 0 Å². The minimum atomic E-state index is -0.173. The van der Waals surface area contributed by atoms with Gasteiger partial charge in [0.05, 0.1) is 0 Å². The highest BCUT2D eigenvalue weighted by Gasteiger charge is 2.06. The molecular weight excluding hydrogens is 215 g/mol. The maximum absolute atomic E-state index is 12.7. The molecule has 3 heteroatoms. The molecule has 2 nitrogen and oxygen atoms in total. The van der Waals surface area contributed by atoms with Crippen LogP contribution < -0.4 is 5.73 Å². The first kappa shape index (κ1) is 14.1. The van der Waals surface area contributed by atoms with Gasteiger partial charge in [0.25, 0.3) is 0 Å². The lowest BCUT2D eigenvalue weighted by molar-refractivity contribution is 0.269. The number of hydrogen-bond donors (Lipinski definition) is 1. The number of nitrogens with two attached hydrogens (primary N) is 1. The second kappa shape index (κ2) is 7.41. The standard InChI is InChI=1S/C14H23FN2/c1-12(4-3-9-16)10-17(2)11-13-5-7-14(15)8-6-13/h5-8,12H,3-4,9-11,16H2,1-2H3. The van der Waals surface area contributed by atoms with Crippen molar-refractivity contribution in [1.82, 2.24) is 4.90 Å². The minimum Gasteiger partial charge on any atom is -0.330 e. The van der Waals surface area contributed by atoms with E-state index >= 15 is 0 Å². The van der Waals surface area contributed by atoms with E-state index in [1.807, 2.05) is 12.1 Å². The maximum Gasteiger partial charge on any atom is 0.123 e. The Morgan fingerprint density at radius 1 is 1.29 bits per heavy atom. The molecule has 0 aromatic heterocycles. The summed E-state index contributed by atoms with van der Waals surface area (Å²) in [5.74, 6) is 0.483. The molecule has 17 heavy (non-hydrogen) atoms. The van der Waals surface area contributed by atoms with Gasteiger partial charge >= 0.3 is 0 Å². The van der Waals surface area contributed by atoms with Crippen LogP contribution in [0.4, 0.5) is 4.39 Å². The van der Waals surface area contributed by atoms with Crippen molar-refractivity contribution in [1.29, 1.82) is 0 Å². The van der Waals surface area contributed by atoms with Gasteiger partial charge < -0.3 is 10.6 Å². The second-order valence-electron chi connectivity index (χ2n) is 4.86. The highest BCUT2D eigenvalue weighted by atomic mass is 19.1. The van der Waals surface area contributed by atoms with Gasteiger partial charge in [-0.25, -0.2) is 4.39 Å². The number of benzene rings is 1. The summed E-state index contributed by atoms with van der Waals surface area (Å²) < 4.78 is 12.7. The maximum atomic E-state index is 12.7. The Morgan fingerprint density at radius 2 is 1.94 bits per heavy atom. The Balaban J connectivity index is 2.33. The van der Waals surface area contributed by atoms with E-state index in [1.165, 1.54) is 18.6 Å². The molecule has 0 aliphatic carbocycles. The predicted molar refractivity (Wildman–Crippen MR) is 70.2 cm³/mol. The Hall–Kier alpha value is -0.930. The average Bonchev–Trinajstić information content (AvgIpc) is 2.29. The summed E-state index contributed by atoms with van der Waals surface area (Å²) in [4.78, 5) is 2.27. The molecule has 0 heterocycles. The van der Waals surface area contributed by atoms with Crippen LogP contribution in [0.25, 0.3) is 0 Å². The Bertz CT molecular complexity index is 311. The normalized spacial score (nSPS) is 13.0. The molecule has 0 fully saturated rings. The SMILES string of the molecule is CC(CCCN)CN(C)Cc1ccc(F)cc1. The zero-order chi connectivity index (χ0) is 12.7. The van der Waals surface area contributed by atoms with Crippen molar-refractivity contribution in [2.75, 3.05) is 20.1 Å². The fourth-order valence-electron chi connectivity index (χ4n) is 2.06. The summed E-state index contributed by atoms with van der Waals surface area (Å²) in [6.07, 6.45) is 2.26. The first-order valence-corrected chi connectivity index (χ1v) is 6.25. The van der Waals surface area contributed by atoms with Gasteiger partial charge in [-0.15, -0.1) is 0 Å². The molecule has 0 aliphatic rings. The quantitative estimate of drug-likeness (QED) is 0.791. The van der Waals surface area contributed by atoms with Gasteiger partial charge in [-0.1, -0.05) is 19.1 Å². The number of hydrogen-bond acceptors (Lipinski definition) is 2. The van der Waals surface area contributed by atoms with Crippen LogP contribution in [0, 0.1) is 11.7 Å². The van der Waals surface area contributed by atoms with E-state index in [-0.39, 0.29) is 5.82 Å². The predicted octanol–water partition coefficient (Wildman–Crippen LogP) is 2.63. The van der Waals surface area contributed by atoms with Crippen LogP contribution in [0.5, 0.6) is 0 Å². The molecule has 96 valence electrons. The largest absolute Gasteiger partial charge is 0.330 e. The minimum absolute atomic E-state index is 0.173. The highest BCUT2D eigenvalue weighted by Crippen LogP contribution is 2.10. The second-order valence-corrected chi connectivity index (χ2v) is 4.86. The molecular formula is C14H23FN2. The lowest BCUT2D eigenvalue weighted by atomic mass is 10.0. The van der Waals surface area contributed by atoms with Gasteiger partial charge in [0.1, 0.15) is 5.82 Å². The van der Waals surface area contributed by atoms with E-state index in [2.05, 4.69) is 18.9 Å². The molecule has 1 atom stereocenters. The van der Waals surface area contributed by atoms with Gasteiger partial charge in [0, 0.05) is 13.1 Å². The molecule has 1 aromatic carbocycles. The molecule has 0 radical (unpaired) electrons. The highest BCUT2D eigenvalue weighted by molar-refractivity contribution is 5.15. The van der Waals surface area contributed by atoms with E-state index in [1.54, 1.807) is 0 Å². The fourth-order valence-corrected chi connectivity index (χ4v) is 2.06. The van der Waals surface area contributed by atoms with Crippen molar-refractivity contribution in [3.8, 4) is 0 Å².